The molecule has 45 heavy (non-hydrogen) atoms. The number of carboxylic acids is 3. The van der Waals surface area contributed by atoms with Gasteiger partial charge >= 0.3 is 17.1 Å². The van der Waals surface area contributed by atoms with E-state index in [9.17, 15) is 29.7 Å². The predicted molar refractivity (Wildman–Crippen MR) is 159 cm³/mol. The van der Waals surface area contributed by atoms with Crippen LogP contribution < -0.4 is 25.3 Å². The molecule has 0 saturated carbocycles. The predicted octanol–water partition coefficient (Wildman–Crippen LogP) is 1.94. The second-order valence-corrected chi connectivity index (χ2v) is 11.3. The Balaban J connectivity index is 0.00000461. The first-order chi connectivity index (χ1) is 20.9. The van der Waals surface area contributed by atoms with Gasteiger partial charge in [-0.2, -0.15) is 0 Å². The van der Waals surface area contributed by atoms with Gasteiger partial charge in [-0.15, -0.1) is 22.1 Å². The van der Waals surface area contributed by atoms with Gasteiger partial charge < -0.3 is 39.7 Å². The van der Waals surface area contributed by atoms with E-state index in [2.05, 4.69) is 11.6 Å². The molecule has 5 rings (SSSR count). The van der Waals surface area contributed by atoms with E-state index < -0.39 is 30.2 Å². The minimum absolute atomic E-state index is 0. The number of rotatable bonds is 8. The van der Waals surface area contributed by atoms with Crippen molar-refractivity contribution >= 4 is 51.1 Å². The molecule has 2 aliphatic heterocycles. The quantitative estimate of drug-likeness (QED) is 0.327. The number of aryl methyl sites for hydroxylation is 3. The van der Waals surface area contributed by atoms with Gasteiger partial charge in [0.05, 0.1) is 17.4 Å². The number of allylic oxidation sites excluding steroid dienone is 3. The number of aliphatic carboxylic acids is 2. The standard InChI is InChI=1S/C34H36N4O6.Cu/c1-7-19-15(3)23-12-25-17(5)21(9-10-29(39)40)32(37-25)22(11-30(41)42)33-31(34(43)44)18(6)26(38-33)14-28-20(8-2)16(4)24(36-28)13-27(19)35-23;/h7,12-14,17,21H,1,8-11H2,2-6H3,(H5,35,36,37,38,39,40,41,42,43,44);/q;+2/p-5/t17-,21-;/m0./s1. The van der Waals surface area contributed by atoms with Crippen molar-refractivity contribution in [3.05, 3.63) is 81.4 Å². The first kappa shape index (κ1) is 33.4. The number of carbonyl (C=O) groups is 3. The van der Waals surface area contributed by atoms with Crippen molar-refractivity contribution in [2.75, 3.05) is 0 Å². The van der Waals surface area contributed by atoms with Gasteiger partial charge in [0.15, 0.2) is 0 Å². The average molecular weight is 655 g/mol. The number of hydrogen-bond acceptors (Lipinski definition) is 8. The summed E-state index contributed by atoms with van der Waals surface area (Å²) in [5, 5.41) is 36.1. The number of aromatic nitrogens is 4. The van der Waals surface area contributed by atoms with E-state index in [0.29, 0.717) is 40.1 Å². The average Bonchev–Trinajstić information content (AvgIpc) is 3.63. The monoisotopic (exact) mass is 654 g/mol. The Morgan fingerprint density at radius 1 is 0.911 bits per heavy atom. The summed E-state index contributed by atoms with van der Waals surface area (Å²) in [6.07, 6.45) is 1.46. The van der Waals surface area contributed by atoms with Gasteiger partial charge in [0.1, 0.15) is 0 Å². The molecule has 3 aromatic rings. The molecule has 0 saturated heterocycles. The molecule has 0 fully saturated rings. The Morgan fingerprint density at radius 2 is 1.60 bits per heavy atom. The molecule has 0 aromatic carbocycles. The van der Waals surface area contributed by atoms with Crippen molar-refractivity contribution in [2.24, 2.45) is 0 Å². The third kappa shape index (κ3) is 5.98. The summed E-state index contributed by atoms with van der Waals surface area (Å²) in [6.45, 7) is 13.3. The molecule has 3 aromatic heterocycles. The van der Waals surface area contributed by atoms with Crippen LogP contribution in [0.4, 0.5) is 0 Å². The van der Waals surface area contributed by atoms with Crippen LogP contribution in [0.1, 0.15) is 101 Å². The number of aromatic carboxylic acids is 1. The zero-order chi connectivity index (χ0) is 32.0. The van der Waals surface area contributed by atoms with Crippen LogP contribution in [-0.2, 0) is 39.5 Å². The minimum Gasteiger partial charge on any atom is -0.657 e. The van der Waals surface area contributed by atoms with Crippen LogP contribution >= 0.6 is 0 Å². The van der Waals surface area contributed by atoms with Gasteiger partial charge in [0.2, 0.25) is 0 Å². The number of fused-ring (bicyclic) bond motifs is 8. The van der Waals surface area contributed by atoms with Gasteiger partial charge in [-0.25, -0.2) is 4.98 Å². The maximum atomic E-state index is 12.5. The van der Waals surface area contributed by atoms with Gasteiger partial charge in [0, 0.05) is 47.2 Å². The first-order valence-corrected chi connectivity index (χ1v) is 14.5. The maximum absolute atomic E-state index is 12.5. The van der Waals surface area contributed by atoms with Crippen LogP contribution in [0.2, 0.25) is 0 Å². The van der Waals surface area contributed by atoms with Crippen molar-refractivity contribution in [1.82, 2.24) is 19.9 Å². The molecule has 2 atom stereocenters. The zero-order valence-corrected chi connectivity index (χ0v) is 26.5. The normalized spacial score (nSPS) is 15.9. The van der Waals surface area contributed by atoms with Gasteiger partial charge in [-0.3, -0.25) is 4.98 Å². The molecule has 11 heteroatoms. The number of carboxylic acid groups (broad SMARTS) is 3. The smallest absolute Gasteiger partial charge is 0.657 e. The van der Waals surface area contributed by atoms with Crippen molar-refractivity contribution in [3.63, 3.8) is 0 Å². The molecule has 5 heterocycles. The van der Waals surface area contributed by atoms with E-state index in [-0.39, 0.29) is 63.7 Å². The van der Waals surface area contributed by atoms with Crippen LogP contribution in [-0.4, -0.2) is 27.9 Å². The summed E-state index contributed by atoms with van der Waals surface area (Å²) in [6, 6.07) is 5.38. The summed E-state index contributed by atoms with van der Waals surface area (Å²) < 4.78 is 0. The molecule has 0 amide bonds. The molecule has 0 aliphatic carbocycles. The zero-order valence-electron chi connectivity index (χ0n) is 25.5. The topological polar surface area (TPSA) is 174 Å². The molecule has 237 valence electrons. The van der Waals surface area contributed by atoms with Crippen molar-refractivity contribution in [2.45, 2.75) is 72.1 Å². The fourth-order valence-electron chi connectivity index (χ4n) is 6.34. The Morgan fingerprint density at radius 3 is 2.20 bits per heavy atom. The van der Waals surface area contributed by atoms with Gasteiger partial charge in [-0.05, 0) is 62.8 Å². The van der Waals surface area contributed by atoms with Crippen LogP contribution in [0.5, 0.6) is 0 Å². The number of hydrogen-bond donors (Lipinski definition) is 0. The van der Waals surface area contributed by atoms with Crippen LogP contribution in [0, 0.1) is 13.8 Å². The van der Waals surface area contributed by atoms with Crippen molar-refractivity contribution in [3.8, 4) is 0 Å². The van der Waals surface area contributed by atoms with Crippen LogP contribution in [0.25, 0.3) is 33.2 Å². The van der Waals surface area contributed by atoms with Crippen LogP contribution in [0.3, 0.4) is 0 Å². The van der Waals surface area contributed by atoms with Crippen molar-refractivity contribution in [1.29, 1.82) is 0 Å². The molecule has 2 aliphatic rings. The summed E-state index contributed by atoms with van der Waals surface area (Å²) in [7, 11) is 0. The third-order valence-electron chi connectivity index (χ3n) is 8.76. The van der Waals surface area contributed by atoms with E-state index in [1.54, 1.807) is 25.1 Å². The summed E-state index contributed by atoms with van der Waals surface area (Å²) in [5.74, 6) is -5.20. The van der Waals surface area contributed by atoms with Crippen molar-refractivity contribution < 1.29 is 46.8 Å². The van der Waals surface area contributed by atoms with E-state index in [4.69, 9.17) is 15.0 Å². The SMILES string of the molecule is C=CC1=C(C)c2cc3nc(c(CC(=O)[O-])c4[n-]c(cc5[n-]c(cc1n2)c(C)c5CC)c(C)c4C(=O)[O-])[C@@H](CCC(=O)[O-])[C@@H]3C.[Cu+2]. The second kappa shape index (κ2) is 12.9. The van der Waals surface area contributed by atoms with E-state index in [0.717, 1.165) is 22.3 Å². The Hall–Kier alpha value is -4.47. The summed E-state index contributed by atoms with van der Waals surface area (Å²) >= 11 is 0. The Bertz CT molecular complexity index is 1950. The van der Waals surface area contributed by atoms with E-state index in [1.807, 2.05) is 33.8 Å². The van der Waals surface area contributed by atoms with Crippen LogP contribution in [0.15, 0.2) is 30.9 Å². The second-order valence-electron chi connectivity index (χ2n) is 11.3. The number of carbonyl (C=O) groups excluding carboxylic acids is 3. The maximum Gasteiger partial charge on any atom is 2.00 e. The fraction of sp³-hybridized carbons (Fsp3) is 0.324. The molecule has 0 N–H and O–H groups in total. The fourth-order valence-corrected chi connectivity index (χ4v) is 6.34. The Labute approximate surface area is 270 Å². The molecule has 0 unspecified atom stereocenters. The van der Waals surface area contributed by atoms with Gasteiger partial charge in [-0.1, -0.05) is 55.3 Å². The number of nitrogens with zero attached hydrogens (tertiary/aromatic N) is 4. The molecule has 8 bridgehead atoms. The van der Waals surface area contributed by atoms with E-state index in [1.165, 1.54) is 0 Å². The molecule has 10 nitrogen and oxygen atoms in total. The molecular formula is C34H31CuN4O6-3. The molecule has 1 radical (unpaired) electrons. The Kier molecular flexibility index (Phi) is 9.56. The molecule has 0 spiro atoms. The van der Waals surface area contributed by atoms with Gasteiger partial charge in [0.25, 0.3) is 0 Å². The minimum atomic E-state index is -1.52. The molecular weight excluding hydrogens is 624 g/mol. The first-order valence-electron chi connectivity index (χ1n) is 14.5. The summed E-state index contributed by atoms with van der Waals surface area (Å²) in [5.41, 5.74) is 7.22. The third-order valence-corrected chi connectivity index (χ3v) is 8.76. The summed E-state index contributed by atoms with van der Waals surface area (Å²) in [4.78, 5) is 55.4. The van der Waals surface area contributed by atoms with E-state index >= 15 is 0 Å². The largest absolute Gasteiger partial charge is 2.00 e.